The second kappa shape index (κ2) is 8.64. The van der Waals surface area contributed by atoms with Crippen molar-refractivity contribution in [1.82, 2.24) is 9.13 Å². The van der Waals surface area contributed by atoms with Gasteiger partial charge in [0.25, 0.3) is 0 Å². The summed E-state index contributed by atoms with van der Waals surface area (Å²) in [6.45, 7) is 2.71. The Morgan fingerprint density at radius 3 is 2.23 bits per heavy atom. The number of nitrogens with zero attached hydrogens (tertiary/aromatic N) is 2. The van der Waals surface area contributed by atoms with Crippen molar-refractivity contribution in [2.45, 2.75) is 51.6 Å². The average Bonchev–Trinajstić information content (AvgIpc) is 2.89. The van der Waals surface area contributed by atoms with E-state index in [1.165, 1.54) is 47.0 Å². The first kappa shape index (κ1) is 17.4. The molecule has 1 aromatic carbocycles. The SMILES string of the molecule is Cc1ccc(CN)cc1.Cn1ccn(C2CCCCC2)[c]1=[Pt]. The maximum absolute atomic E-state index is 5.40. The van der Waals surface area contributed by atoms with E-state index in [0.717, 1.165) is 6.04 Å². The zero-order chi connectivity index (χ0) is 15.9. The van der Waals surface area contributed by atoms with Gasteiger partial charge in [0, 0.05) is 6.54 Å². The molecule has 0 bridgehead atoms. The van der Waals surface area contributed by atoms with Crippen LogP contribution in [0.2, 0.25) is 0 Å². The molecule has 0 saturated heterocycles. The first-order valence-electron chi connectivity index (χ1n) is 8.06. The van der Waals surface area contributed by atoms with Gasteiger partial charge in [-0.05, 0) is 12.5 Å². The molecule has 0 unspecified atom stereocenters. The number of hydrogen-bond donors (Lipinski definition) is 1. The van der Waals surface area contributed by atoms with Crippen LogP contribution in [0.5, 0.6) is 0 Å². The fraction of sp³-hybridized carbons (Fsp3) is 0.500. The molecule has 1 heterocycles. The Labute approximate surface area is 144 Å². The van der Waals surface area contributed by atoms with Crippen molar-refractivity contribution in [2.24, 2.45) is 12.8 Å². The minimum absolute atomic E-state index is 0.639. The molecular weight excluding hydrogens is 453 g/mol. The summed E-state index contributed by atoms with van der Waals surface area (Å²) in [6.07, 6.45) is 11.3. The van der Waals surface area contributed by atoms with Gasteiger partial charge in [-0.15, -0.1) is 0 Å². The van der Waals surface area contributed by atoms with E-state index < -0.39 is 0 Å². The summed E-state index contributed by atoms with van der Waals surface area (Å²) >= 11 is 2.41. The molecule has 22 heavy (non-hydrogen) atoms. The summed E-state index contributed by atoms with van der Waals surface area (Å²) in [6, 6.07) is 9.01. The molecule has 2 N–H and O–H groups in total. The average molecular weight is 481 g/mol. The molecule has 0 amide bonds. The predicted octanol–water partition coefficient (Wildman–Crippen LogP) is 3.86. The zero-order valence-electron chi connectivity index (χ0n) is 13.6. The van der Waals surface area contributed by atoms with Crippen molar-refractivity contribution in [3.8, 4) is 0 Å². The molecule has 4 heteroatoms. The topological polar surface area (TPSA) is 35.9 Å². The fourth-order valence-electron chi connectivity index (χ4n) is 2.81. The summed E-state index contributed by atoms with van der Waals surface area (Å²) in [7, 11) is 2.11. The Hall–Kier alpha value is -0.922. The molecule has 1 aliphatic carbocycles. The van der Waals surface area contributed by atoms with Gasteiger partial charge >= 0.3 is 89.9 Å². The third-order valence-corrected chi connectivity index (χ3v) is 5.63. The molecule has 1 aliphatic rings. The monoisotopic (exact) mass is 480 g/mol. The molecule has 0 atom stereocenters. The van der Waals surface area contributed by atoms with E-state index in [1.807, 2.05) is 0 Å². The van der Waals surface area contributed by atoms with Crippen LogP contribution in [0.4, 0.5) is 0 Å². The van der Waals surface area contributed by atoms with Crippen LogP contribution in [0.3, 0.4) is 0 Å². The zero-order valence-corrected chi connectivity index (χ0v) is 15.8. The van der Waals surface area contributed by atoms with Gasteiger partial charge in [-0.3, -0.25) is 0 Å². The van der Waals surface area contributed by atoms with Gasteiger partial charge in [0.05, 0.1) is 0 Å². The summed E-state index contributed by atoms with van der Waals surface area (Å²) in [4.78, 5) is 0. The number of imidazole rings is 1. The van der Waals surface area contributed by atoms with Crippen molar-refractivity contribution in [3.05, 3.63) is 51.6 Å². The Morgan fingerprint density at radius 2 is 1.73 bits per heavy atom. The number of aromatic nitrogens is 2. The molecule has 0 spiro atoms. The normalized spacial score (nSPS) is 15.3. The molecular formula is C18H27N3Pt. The Balaban J connectivity index is 0.000000172. The number of aryl methyl sites for hydroxylation is 2. The van der Waals surface area contributed by atoms with Crippen LogP contribution in [-0.2, 0) is 32.9 Å². The first-order valence-corrected chi connectivity index (χ1v) is 9.20. The maximum atomic E-state index is 5.40. The Morgan fingerprint density at radius 1 is 1.09 bits per heavy atom. The quantitative estimate of drug-likeness (QED) is 0.696. The fourth-order valence-corrected chi connectivity index (χ4v) is 3.57. The van der Waals surface area contributed by atoms with Crippen LogP contribution in [0.25, 0.3) is 0 Å². The number of rotatable bonds is 2. The van der Waals surface area contributed by atoms with E-state index >= 15 is 0 Å². The summed E-state index contributed by atoms with van der Waals surface area (Å²) in [5.74, 6) is 0. The van der Waals surface area contributed by atoms with Gasteiger partial charge in [-0.25, -0.2) is 0 Å². The third-order valence-electron chi connectivity index (χ3n) is 4.24. The summed E-state index contributed by atoms with van der Waals surface area (Å²) in [5.41, 5.74) is 7.88. The van der Waals surface area contributed by atoms with Crippen LogP contribution < -0.4 is 5.73 Å². The molecule has 124 valence electrons. The van der Waals surface area contributed by atoms with Crippen LogP contribution in [0, 0.1) is 10.7 Å². The van der Waals surface area contributed by atoms with E-state index in [0.29, 0.717) is 6.54 Å². The van der Waals surface area contributed by atoms with E-state index in [4.69, 9.17) is 5.73 Å². The molecule has 0 aliphatic heterocycles. The van der Waals surface area contributed by atoms with Gasteiger partial charge in [-0.1, -0.05) is 29.8 Å². The van der Waals surface area contributed by atoms with Crippen LogP contribution in [-0.4, -0.2) is 9.13 Å². The molecule has 0 radical (unpaired) electrons. The second-order valence-electron chi connectivity index (χ2n) is 6.04. The van der Waals surface area contributed by atoms with Crippen molar-refractivity contribution in [3.63, 3.8) is 0 Å². The molecule has 1 aromatic heterocycles. The van der Waals surface area contributed by atoms with E-state index in [9.17, 15) is 0 Å². The van der Waals surface area contributed by atoms with Gasteiger partial charge in [0.1, 0.15) is 0 Å². The van der Waals surface area contributed by atoms with Gasteiger partial charge in [0.2, 0.25) is 0 Å². The summed E-state index contributed by atoms with van der Waals surface area (Å²) in [5, 5.41) is 0. The van der Waals surface area contributed by atoms with E-state index in [2.05, 4.69) is 79.1 Å². The van der Waals surface area contributed by atoms with Crippen LogP contribution in [0.15, 0.2) is 36.7 Å². The minimum atomic E-state index is 0.639. The molecule has 1 saturated carbocycles. The van der Waals surface area contributed by atoms with Gasteiger partial charge in [-0.2, -0.15) is 0 Å². The Kier molecular flexibility index (Phi) is 6.85. The van der Waals surface area contributed by atoms with Crippen molar-refractivity contribution in [2.75, 3.05) is 0 Å². The van der Waals surface area contributed by atoms with Crippen molar-refractivity contribution >= 4 is 0 Å². The van der Waals surface area contributed by atoms with Crippen molar-refractivity contribution < 1.29 is 19.4 Å². The third kappa shape index (κ3) is 4.79. The molecule has 2 aromatic rings. The van der Waals surface area contributed by atoms with Gasteiger partial charge < -0.3 is 5.73 Å². The number of benzene rings is 1. The van der Waals surface area contributed by atoms with E-state index in [-0.39, 0.29) is 0 Å². The van der Waals surface area contributed by atoms with E-state index in [1.54, 1.807) is 0 Å². The first-order chi connectivity index (χ1) is 10.6. The number of hydrogen-bond acceptors (Lipinski definition) is 1. The standard InChI is InChI=1S/C10H16N2.C8H11N.Pt/c1-11-7-8-12(9-11)10-5-3-2-4-6-10;1-7-2-4-8(6-9)5-3-7;/h7-8,10H,2-6H2,1H3;2-5H,6,9H2,1H3;. The predicted molar refractivity (Wildman–Crippen MR) is 87.8 cm³/mol. The Bertz CT molecular complexity index is 619. The summed E-state index contributed by atoms with van der Waals surface area (Å²) < 4.78 is 5.98. The molecule has 1 fully saturated rings. The second-order valence-corrected chi connectivity index (χ2v) is 7.06. The van der Waals surface area contributed by atoms with Gasteiger partial charge in [0.15, 0.2) is 0 Å². The molecule has 3 rings (SSSR count). The van der Waals surface area contributed by atoms with Crippen molar-refractivity contribution in [1.29, 1.82) is 0 Å². The van der Waals surface area contributed by atoms with Crippen LogP contribution >= 0.6 is 0 Å². The molecule has 3 nitrogen and oxygen atoms in total. The van der Waals surface area contributed by atoms with Crippen LogP contribution in [0.1, 0.15) is 49.3 Å². The number of nitrogens with two attached hydrogens (primary N) is 1.